The van der Waals surface area contributed by atoms with Crippen LogP contribution in [0, 0.1) is 0 Å². The Morgan fingerprint density at radius 2 is 2.06 bits per heavy atom. The molecule has 0 unspecified atom stereocenters. The number of benzene rings is 1. The second kappa shape index (κ2) is 4.03. The molecule has 1 aromatic heterocycles. The highest BCUT2D eigenvalue weighted by Crippen LogP contribution is 2.33. The average Bonchev–Trinajstić information content (AvgIpc) is 2.61. The van der Waals surface area contributed by atoms with Crippen molar-refractivity contribution in [3.63, 3.8) is 0 Å². The van der Waals surface area contributed by atoms with E-state index in [0.29, 0.717) is 15.9 Å². The van der Waals surface area contributed by atoms with Gasteiger partial charge in [0.05, 0.1) is 5.69 Å². The van der Waals surface area contributed by atoms with Crippen molar-refractivity contribution in [1.82, 2.24) is 4.98 Å². The summed E-state index contributed by atoms with van der Waals surface area (Å²) >= 11 is 5.76. The average molecular weight is 246 g/mol. The highest BCUT2D eigenvalue weighted by atomic mass is 35.5. The van der Waals surface area contributed by atoms with Crippen LogP contribution < -0.4 is 0 Å². The first-order valence-electron chi connectivity index (χ1n) is 4.80. The van der Waals surface area contributed by atoms with E-state index in [-0.39, 0.29) is 5.69 Å². The number of aliphatic hydroxyl groups is 1. The predicted octanol–water partition coefficient (Wildman–Crippen LogP) is 3.30. The molecule has 2 N–H and O–H groups in total. The van der Waals surface area contributed by atoms with Crippen molar-refractivity contribution < 1.29 is 13.9 Å². The molecule has 0 aliphatic carbocycles. The quantitative estimate of drug-likeness (QED) is 0.855. The molecule has 0 radical (unpaired) electrons. The summed E-state index contributed by atoms with van der Waals surface area (Å²) in [6.45, 7) is -0.552. The van der Waals surface area contributed by atoms with Crippen molar-refractivity contribution in [1.29, 1.82) is 0 Å². The number of hydrogen-bond donors (Lipinski definition) is 2. The number of fused-ring (bicyclic) bond motifs is 1. The highest BCUT2D eigenvalue weighted by molar-refractivity contribution is 6.31. The molecule has 2 nitrogen and oxygen atoms in total. The zero-order valence-electron chi connectivity index (χ0n) is 8.30. The van der Waals surface area contributed by atoms with Gasteiger partial charge in [0.25, 0.3) is 5.92 Å². The standard InChI is InChI=1S/C11H10ClF2NO/c12-8-1-2-9-7(5-8)6-10(15-9)11(13,14)3-4-16/h1-2,5-6,15-16H,3-4H2. The number of H-pyrrole nitrogens is 1. The SMILES string of the molecule is OCCC(F)(F)c1cc2cc(Cl)ccc2[nH]1. The largest absolute Gasteiger partial charge is 0.396 e. The molecule has 0 aliphatic rings. The molecule has 1 aromatic carbocycles. The van der Waals surface area contributed by atoms with E-state index in [0.717, 1.165) is 0 Å². The van der Waals surface area contributed by atoms with Gasteiger partial charge in [0, 0.05) is 29.0 Å². The van der Waals surface area contributed by atoms with Crippen LogP contribution >= 0.6 is 11.6 Å². The van der Waals surface area contributed by atoms with Gasteiger partial charge < -0.3 is 10.1 Å². The van der Waals surface area contributed by atoms with Gasteiger partial charge in [-0.15, -0.1) is 0 Å². The van der Waals surface area contributed by atoms with Crippen LogP contribution in [-0.2, 0) is 5.92 Å². The third-order valence-electron chi connectivity index (χ3n) is 2.40. The summed E-state index contributed by atoms with van der Waals surface area (Å²) in [5.74, 6) is -3.04. The first kappa shape index (κ1) is 11.4. The van der Waals surface area contributed by atoms with E-state index in [2.05, 4.69) is 4.98 Å². The minimum atomic E-state index is -3.04. The van der Waals surface area contributed by atoms with Gasteiger partial charge in [0.2, 0.25) is 0 Å². The maximum atomic E-state index is 13.5. The number of aliphatic hydroxyl groups excluding tert-OH is 1. The molecule has 0 fully saturated rings. The number of aromatic amines is 1. The zero-order valence-corrected chi connectivity index (χ0v) is 9.06. The minimum Gasteiger partial charge on any atom is -0.396 e. The second-order valence-corrected chi connectivity index (χ2v) is 4.03. The molecule has 2 aromatic rings. The van der Waals surface area contributed by atoms with Crippen molar-refractivity contribution in [3.05, 3.63) is 35.0 Å². The summed E-state index contributed by atoms with van der Waals surface area (Å²) in [5.41, 5.74) is 0.413. The van der Waals surface area contributed by atoms with Gasteiger partial charge in [0.15, 0.2) is 0 Å². The third-order valence-corrected chi connectivity index (χ3v) is 2.64. The van der Waals surface area contributed by atoms with Crippen LogP contribution in [0.5, 0.6) is 0 Å². The minimum absolute atomic E-state index is 0.196. The van der Waals surface area contributed by atoms with Gasteiger partial charge >= 0.3 is 0 Å². The maximum Gasteiger partial charge on any atom is 0.289 e. The lowest BCUT2D eigenvalue weighted by Crippen LogP contribution is -2.15. The monoisotopic (exact) mass is 245 g/mol. The Kier molecular flexibility index (Phi) is 2.86. The molecule has 0 amide bonds. The molecule has 0 spiro atoms. The van der Waals surface area contributed by atoms with Crippen LogP contribution in [0.4, 0.5) is 8.78 Å². The number of hydrogen-bond acceptors (Lipinski definition) is 1. The Morgan fingerprint density at radius 3 is 2.75 bits per heavy atom. The maximum absolute atomic E-state index is 13.5. The van der Waals surface area contributed by atoms with Crippen LogP contribution in [0.1, 0.15) is 12.1 Å². The Hall–Kier alpha value is -1.13. The Labute approximate surface area is 95.8 Å². The number of nitrogens with one attached hydrogen (secondary N) is 1. The predicted molar refractivity (Wildman–Crippen MR) is 58.9 cm³/mol. The normalized spacial score (nSPS) is 12.2. The first-order chi connectivity index (χ1) is 7.53. The lowest BCUT2D eigenvalue weighted by Gasteiger charge is -2.12. The van der Waals surface area contributed by atoms with Crippen molar-refractivity contribution in [2.75, 3.05) is 6.61 Å². The van der Waals surface area contributed by atoms with E-state index in [1.54, 1.807) is 18.2 Å². The topological polar surface area (TPSA) is 36.0 Å². The van der Waals surface area contributed by atoms with Gasteiger partial charge in [-0.1, -0.05) is 11.6 Å². The Balaban J connectivity index is 2.46. The molecule has 0 atom stereocenters. The summed E-state index contributed by atoms with van der Waals surface area (Å²) in [6, 6.07) is 6.26. The number of rotatable bonds is 3. The van der Waals surface area contributed by atoms with Crippen molar-refractivity contribution in [3.8, 4) is 0 Å². The van der Waals surface area contributed by atoms with Crippen LogP contribution in [0.2, 0.25) is 5.02 Å². The molecule has 2 rings (SSSR count). The summed E-state index contributed by atoms with van der Waals surface area (Å²) in [6.07, 6.45) is -0.590. The van der Waals surface area contributed by atoms with Gasteiger partial charge in [-0.25, -0.2) is 0 Å². The van der Waals surface area contributed by atoms with Crippen LogP contribution in [-0.4, -0.2) is 16.7 Å². The molecule has 1 heterocycles. The van der Waals surface area contributed by atoms with Gasteiger partial charge in [0.1, 0.15) is 0 Å². The van der Waals surface area contributed by atoms with Crippen LogP contribution in [0.25, 0.3) is 10.9 Å². The van der Waals surface area contributed by atoms with Crippen molar-refractivity contribution in [2.45, 2.75) is 12.3 Å². The summed E-state index contributed by atoms with van der Waals surface area (Å²) in [7, 11) is 0. The number of halogens is 3. The molecule has 0 saturated heterocycles. The Bertz CT molecular complexity index is 510. The fourth-order valence-electron chi connectivity index (χ4n) is 1.58. The molecule has 16 heavy (non-hydrogen) atoms. The van der Waals surface area contributed by atoms with E-state index in [9.17, 15) is 8.78 Å². The molecule has 0 saturated carbocycles. The number of aromatic nitrogens is 1. The summed E-state index contributed by atoms with van der Waals surface area (Å²) in [4.78, 5) is 2.63. The number of alkyl halides is 2. The molecule has 0 bridgehead atoms. The highest BCUT2D eigenvalue weighted by Gasteiger charge is 2.32. The molecule has 86 valence electrons. The summed E-state index contributed by atoms with van der Waals surface area (Å²) < 4.78 is 26.9. The van der Waals surface area contributed by atoms with Gasteiger partial charge in [-0.2, -0.15) is 8.78 Å². The van der Waals surface area contributed by atoms with Gasteiger partial charge in [-0.05, 0) is 24.3 Å². The van der Waals surface area contributed by atoms with E-state index >= 15 is 0 Å². The smallest absolute Gasteiger partial charge is 0.289 e. The molecular formula is C11H10ClF2NO. The van der Waals surface area contributed by atoms with E-state index in [1.165, 1.54) is 6.07 Å². The molecule has 5 heteroatoms. The van der Waals surface area contributed by atoms with Crippen LogP contribution in [0.15, 0.2) is 24.3 Å². The fourth-order valence-corrected chi connectivity index (χ4v) is 1.76. The lowest BCUT2D eigenvalue weighted by atomic mass is 10.1. The van der Waals surface area contributed by atoms with Crippen molar-refractivity contribution >= 4 is 22.5 Å². The fraction of sp³-hybridized carbons (Fsp3) is 0.273. The van der Waals surface area contributed by atoms with E-state index < -0.39 is 19.0 Å². The zero-order chi connectivity index (χ0) is 11.8. The van der Waals surface area contributed by atoms with E-state index in [1.807, 2.05) is 0 Å². The van der Waals surface area contributed by atoms with Crippen LogP contribution in [0.3, 0.4) is 0 Å². The van der Waals surface area contributed by atoms with E-state index in [4.69, 9.17) is 16.7 Å². The van der Waals surface area contributed by atoms with Gasteiger partial charge in [-0.3, -0.25) is 0 Å². The Morgan fingerprint density at radius 1 is 1.31 bits per heavy atom. The third kappa shape index (κ3) is 2.03. The second-order valence-electron chi connectivity index (χ2n) is 3.59. The lowest BCUT2D eigenvalue weighted by molar-refractivity contribution is -0.0303. The summed E-state index contributed by atoms with van der Waals surface area (Å²) in [5, 5.41) is 9.71. The first-order valence-corrected chi connectivity index (χ1v) is 5.18. The molecule has 0 aliphatic heterocycles. The molecular weight excluding hydrogens is 236 g/mol. The van der Waals surface area contributed by atoms with Crippen molar-refractivity contribution in [2.24, 2.45) is 0 Å².